The van der Waals surface area contributed by atoms with Crippen molar-refractivity contribution >= 4 is 17.3 Å². The molecule has 5 heteroatoms. The Hall–Kier alpha value is -3.05. The number of nitrogens with one attached hydrogen (secondary N) is 2. The number of rotatable bonds is 5. The first-order chi connectivity index (χ1) is 14.7. The fourth-order valence-corrected chi connectivity index (χ4v) is 4.79. The monoisotopic (exact) mass is 401 g/mol. The zero-order valence-corrected chi connectivity index (χ0v) is 17.2. The van der Waals surface area contributed by atoms with Gasteiger partial charge in [-0.3, -0.25) is 9.69 Å². The molecule has 2 aromatic carbocycles. The molecular weight excluding hydrogens is 374 g/mol. The van der Waals surface area contributed by atoms with Crippen molar-refractivity contribution < 1.29 is 9.21 Å². The van der Waals surface area contributed by atoms with Gasteiger partial charge in [0, 0.05) is 29.0 Å². The van der Waals surface area contributed by atoms with Crippen LogP contribution in [0.1, 0.15) is 30.3 Å². The molecule has 1 aromatic heterocycles. The zero-order chi connectivity index (χ0) is 20.5. The van der Waals surface area contributed by atoms with Gasteiger partial charge in [0.1, 0.15) is 5.76 Å². The van der Waals surface area contributed by atoms with Crippen LogP contribution in [0.15, 0.2) is 71.1 Å². The minimum Gasteiger partial charge on any atom is -0.451 e. The van der Waals surface area contributed by atoms with Crippen LogP contribution in [0.5, 0.6) is 0 Å². The van der Waals surface area contributed by atoms with Gasteiger partial charge in [-0.25, -0.2) is 0 Å². The molecule has 3 aliphatic heterocycles. The zero-order valence-electron chi connectivity index (χ0n) is 17.2. The Morgan fingerprint density at radius 3 is 2.33 bits per heavy atom. The number of nitrogens with zero attached hydrogens (tertiary/aromatic N) is 1. The summed E-state index contributed by atoms with van der Waals surface area (Å²) in [6.45, 7) is 4.52. The van der Waals surface area contributed by atoms with Gasteiger partial charge in [0.2, 0.25) is 0 Å². The Balaban J connectivity index is 1.25. The highest BCUT2D eigenvalue weighted by atomic mass is 16.3. The smallest absolute Gasteiger partial charge is 0.287 e. The van der Waals surface area contributed by atoms with Crippen LogP contribution in [0.25, 0.3) is 11.3 Å². The largest absolute Gasteiger partial charge is 0.451 e. The normalized spacial score (nSPS) is 25.1. The van der Waals surface area contributed by atoms with Crippen LogP contribution in [0.4, 0.5) is 11.4 Å². The van der Waals surface area contributed by atoms with E-state index in [1.165, 1.54) is 12.8 Å². The molecule has 2 bridgehead atoms. The van der Waals surface area contributed by atoms with Crippen molar-refractivity contribution in [3.05, 3.63) is 72.5 Å². The molecule has 6 rings (SSSR count). The van der Waals surface area contributed by atoms with Crippen molar-refractivity contribution in [3.8, 4) is 11.3 Å². The first-order valence-electron chi connectivity index (χ1n) is 10.7. The molecule has 4 heterocycles. The Morgan fingerprint density at radius 2 is 1.63 bits per heavy atom. The number of furan rings is 1. The maximum absolute atomic E-state index is 12.8. The molecule has 0 radical (unpaired) electrons. The van der Waals surface area contributed by atoms with Crippen molar-refractivity contribution in [2.24, 2.45) is 5.92 Å². The van der Waals surface area contributed by atoms with Crippen LogP contribution in [0, 0.1) is 5.92 Å². The third-order valence-corrected chi connectivity index (χ3v) is 6.54. The average Bonchev–Trinajstić information content (AvgIpc) is 3.28. The molecule has 0 aliphatic carbocycles. The Morgan fingerprint density at radius 1 is 0.933 bits per heavy atom. The van der Waals surface area contributed by atoms with E-state index >= 15 is 0 Å². The van der Waals surface area contributed by atoms with E-state index in [1.54, 1.807) is 6.07 Å². The van der Waals surface area contributed by atoms with Crippen molar-refractivity contribution in [2.45, 2.75) is 31.8 Å². The first kappa shape index (κ1) is 18.9. The molecule has 0 spiro atoms. The number of piperidine rings is 3. The molecular formula is C25H27N3O2. The fraction of sp³-hybridized carbons (Fsp3) is 0.320. The molecule has 154 valence electrons. The molecule has 0 unspecified atom stereocenters. The van der Waals surface area contributed by atoms with E-state index in [0.29, 0.717) is 23.5 Å². The van der Waals surface area contributed by atoms with E-state index in [4.69, 9.17) is 4.42 Å². The number of anilines is 2. The number of hydrogen-bond acceptors (Lipinski definition) is 4. The number of benzene rings is 2. The quantitative estimate of drug-likeness (QED) is 0.638. The van der Waals surface area contributed by atoms with Crippen molar-refractivity contribution in [1.29, 1.82) is 0 Å². The predicted octanol–water partition coefficient (Wildman–Crippen LogP) is 4.90. The highest BCUT2D eigenvalue weighted by Gasteiger charge is 2.40. The number of fused-ring (bicyclic) bond motifs is 3. The summed E-state index contributed by atoms with van der Waals surface area (Å²) in [7, 11) is 0. The molecule has 3 aromatic rings. The minimum absolute atomic E-state index is 0.116. The van der Waals surface area contributed by atoms with Gasteiger partial charge in [-0.05, 0) is 87.3 Å². The maximum Gasteiger partial charge on any atom is 0.287 e. The average molecular weight is 402 g/mol. The molecule has 2 atom stereocenters. The number of amides is 1. The molecule has 3 fully saturated rings. The Bertz CT molecular complexity index is 1000. The van der Waals surface area contributed by atoms with Crippen molar-refractivity contribution in [2.75, 3.05) is 18.4 Å². The Labute approximate surface area is 177 Å². The summed E-state index contributed by atoms with van der Waals surface area (Å²) in [5.41, 5.74) is 3.00. The summed E-state index contributed by atoms with van der Waals surface area (Å²) in [5.74, 6) is 1.54. The maximum atomic E-state index is 12.8. The lowest BCUT2D eigenvalue weighted by atomic mass is 9.79. The van der Waals surface area contributed by atoms with E-state index in [2.05, 4.69) is 22.5 Å². The summed E-state index contributed by atoms with van der Waals surface area (Å²) in [5, 5.41) is 6.60. The second-order valence-electron chi connectivity index (χ2n) is 8.35. The van der Waals surface area contributed by atoms with E-state index in [9.17, 15) is 4.79 Å². The lowest BCUT2D eigenvalue weighted by Gasteiger charge is -2.49. The Kier molecular flexibility index (Phi) is 5.05. The SMILES string of the molecule is C[C@H]1[C@H](NC(=O)c2ccc(-c3ccc(Nc4ccccc4)cc3)o2)C2CCN1CC2. The standard InChI is InChI=1S/C25H27N3O2/c1-17-24(19-13-15-28(17)16-14-19)27-25(29)23-12-11-22(30-23)18-7-9-21(10-8-18)26-20-5-3-2-4-6-20/h2-12,17,19,24,26H,13-16H2,1H3,(H,27,29)/t17-,24-/m0/s1. The van der Waals surface area contributed by atoms with Crippen LogP contribution in [-0.2, 0) is 0 Å². The molecule has 30 heavy (non-hydrogen) atoms. The van der Waals surface area contributed by atoms with Gasteiger partial charge in [-0.2, -0.15) is 0 Å². The van der Waals surface area contributed by atoms with Crippen molar-refractivity contribution in [3.63, 3.8) is 0 Å². The third-order valence-electron chi connectivity index (χ3n) is 6.54. The van der Waals surface area contributed by atoms with E-state index < -0.39 is 0 Å². The highest BCUT2D eigenvalue weighted by molar-refractivity contribution is 5.92. The lowest BCUT2D eigenvalue weighted by Crippen LogP contribution is -2.62. The topological polar surface area (TPSA) is 57.5 Å². The lowest BCUT2D eigenvalue weighted by molar-refractivity contribution is 0.0211. The van der Waals surface area contributed by atoms with Gasteiger partial charge in [0.25, 0.3) is 5.91 Å². The van der Waals surface area contributed by atoms with E-state index in [1.807, 2.05) is 60.7 Å². The van der Waals surface area contributed by atoms with Gasteiger partial charge in [0.15, 0.2) is 5.76 Å². The molecule has 5 nitrogen and oxygen atoms in total. The second kappa shape index (κ2) is 8.00. The number of carbonyl (C=O) groups excluding carboxylic acids is 1. The third kappa shape index (κ3) is 3.73. The van der Waals surface area contributed by atoms with Crippen LogP contribution >= 0.6 is 0 Å². The van der Waals surface area contributed by atoms with E-state index in [-0.39, 0.29) is 11.9 Å². The highest BCUT2D eigenvalue weighted by Crippen LogP contribution is 2.32. The van der Waals surface area contributed by atoms with Gasteiger partial charge in [-0.15, -0.1) is 0 Å². The van der Waals surface area contributed by atoms with Crippen molar-refractivity contribution in [1.82, 2.24) is 10.2 Å². The van der Waals surface area contributed by atoms with Gasteiger partial charge in [-0.1, -0.05) is 18.2 Å². The number of carbonyl (C=O) groups is 1. The summed E-state index contributed by atoms with van der Waals surface area (Å²) < 4.78 is 5.90. The van der Waals surface area contributed by atoms with Crippen LogP contribution in [-0.4, -0.2) is 36.0 Å². The molecule has 0 saturated carbocycles. The van der Waals surface area contributed by atoms with Gasteiger partial charge < -0.3 is 15.1 Å². The minimum atomic E-state index is -0.116. The summed E-state index contributed by atoms with van der Waals surface area (Å²) in [4.78, 5) is 15.3. The van der Waals surface area contributed by atoms with Gasteiger partial charge in [0.05, 0.1) is 0 Å². The number of para-hydroxylation sites is 1. The summed E-state index contributed by atoms with van der Waals surface area (Å²) in [6.07, 6.45) is 2.34. The second-order valence-corrected chi connectivity index (χ2v) is 8.35. The first-order valence-corrected chi connectivity index (χ1v) is 10.7. The van der Waals surface area contributed by atoms with Gasteiger partial charge >= 0.3 is 0 Å². The summed E-state index contributed by atoms with van der Waals surface area (Å²) >= 11 is 0. The number of hydrogen-bond donors (Lipinski definition) is 2. The van der Waals surface area contributed by atoms with Crippen LogP contribution < -0.4 is 10.6 Å². The predicted molar refractivity (Wildman–Crippen MR) is 119 cm³/mol. The van der Waals surface area contributed by atoms with Crippen LogP contribution in [0.2, 0.25) is 0 Å². The summed E-state index contributed by atoms with van der Waals surface area (Å²) in [6, 6.07) is 22.3. The molecule has 3 aliphatic rings. The van der Waals surface area contributed by atoms with E-state index in [0.717, 1.165) is 30.0 Å². The molecule has 1 amide bonds. The molecule has 3 saturated heterocycles. The molecule has 2 N–H and O–H groups in total. The fourth-order valence-electron chi connectivity index (χ4n) is 4.79. The van der Waals surface area contributed by atoms with Crippen LogP contribution in [0.3, 0.4) is 0 Å².